The summed E-state index contributed by atoms with van der Waals surface area (Å²) in [6.45, 7) is 8.44. The smallest absolute Gasteiger partial charge is 0.246 e. The number of carbonyl (C=O) groups is 3. The minimum absolute atomic E-state index is 0. The van der Waals surface area contributed by atoms with Gasteiger partial charge < -0.3 is 26.4 Å². The van der Waals surface area contributed by atoms with Crippen molar-refractivity contribution >= 4 is 53.9 Å². The highest BCUT2D eigenvalue weighted by Gasteiger charge is 2.44. The number of nitrogens with one attached hydrogen (secondary N) is 2. The fourth-order valence-corrected chi connectivity index (χ4v) is 5.26. The van der Waals surface area contributed by atoms with Crippen LogP contribution in [0.2, 0.25) is 0 Å². The van der Waals surface area contributed by atoms with E-state index >= 15 is 0 Å². The Morgan fingerprint density at radius 2 is 1.85 bits per heavy atom. The van der Waals surface area contributed by atoms with E-state index in [-0.39, 0.29) is 61.9 Å². The third kappa shape index (κ3) is 9.42. The zero-order chi connectivity index (χ0) is 27.2. The third-order valence-electron chi connectivity index (χ3n) is 6.57. The number of unbranched alkanes of at least 4 members (excludes halogenated alkanes) is 1. The van der Waals surface area contributed by atoms with Crippen LogP contribution < -0.4 is 16.4 Å². The largest absolute Gasteiger partial charge is 0.391 e. The van der Waals surface area contributed by atoms with Gasteiger partial charge in [0, 0.05) is 25.9 Å². The number of aliphatic hydroxyl groups excluding tert-OH is 1. The number of aryl methyl sites for hydroxylation is 1. The van der Waals surface area contributed by atoms with Gasteiger partial charge in [-0.05, 0) is 42.9 Å². The van der Waals surface area contributed by atoms with E-state index < -0.39 is 23.6 Å². The van der Waals surface area contributed by atoms with E-state index in [1.54, 1.807) is 11.3 Å². The number of nitrogens with zero attached hydrogens (tertiary/aromatic N) is 2. The number of halogens is 2. The van der Waals surface area contributed by atoms with E-state index in [4.69, 9.17) is 5.73 Å². The SMILES string of the molecule is Cc1ncsc1-c1ccc(CNC(=O)C2CC(O)CN2C(=O)C(NC(=O)CCCCN)C(C)(C)C)cc1.Cl.Cl. The number of thiazole rings is 1. The van der Waals surface area contributed by atoms with Crippen LogP contribution in [0.25, 0.3) is 10.4 Å². The lowest BCUT2D eigenvalue weighted by atomic mass is 9.85. The Kier molecular flexibility index (Phi) is 13.8. The summed E-state index contributed by atoms with van der Waals surface area (Å²) in [4.78, 5) is 46.0. The molecule has 2 aromatic rings. The van der Waals surface area contributed by atoms with Crippen LogP contribution in [0.3, 0.4) is 0 Å². The topological polar surface area (TPSA) is 138 Å². The molecule has 39 heavy (non-hydrogen) atoms. The van der Waals surface area contributed by atoms with Crippen molar-refractivity contribution in [3.8, 4) is 10.4 Å². The van der Waals surface area contributed by atoms with E-state index in [1.807, 2.05) is 57.5 Å². The van der Waals surface area contributed by atoms with Crippen LogP contribution in [-0.4, -0.2) is 64.0 Å². The Hall–Kier alpha value is -2.24. The molecule has 12 heteroatoms. The van der Waals surface area contributed by atoms with Crippen LogP contribution >= 0.6 is 36.2 Å². The molecule has 3 amide bonds. The fourth-order valence-electron chi connectivity index (χ4n) is 4.44. The van der Waals surface area contributed by atoms with Crippen LogP contribution in [0.1, 0.15) is 57.7 Å². The lowest BCUT2D eigenvalue weighted by Crippen LogP contribution is -2.57. The maximum atomic E-state index is 13.6. The van der Waals surface area contributed by atoms with Gasteiger partial charge in [0.15, 0.2) is 0 Å². The summed E-state index contributed by atoms with van der Waals surface area (Å²) in [5.74, 6) is -0.908. The first-order chi connectivity index (χ1) is 17.5. The maximum Gasteiger partial charge on any atom is 0.246 e. The first-order valence-corrected chi connectivity index (χ1v) is 13.6. The molecule has 218 valence electrons. The molecular weight excluding hydrogens is 561 g/mol. The molecule has 2 heterocycles. The van der Waals surface area contributed by atoms with Gasteiger partial charge in [0.1, 0.15) is 12.1 Å². The molecule has 1 aliphatic rings. The normalized spacial score (nSPS) is 17.5. The zero-order valence-electron chi connectivity index (χ0n) is 22.9. The predicted molar refractivity (Wildman–Crippen MR) is 159 cm³/mol. The maximum absolute atomic E-state index is 13.6. The van der Waals surface area contributed by atoms with Crippen molar-refractivity contribution in [3.05, 3.63) is 41.0 Å². The molecule has 0 saturated carbocycles. The molecule has 9 nitrogen and oxygen atoms in total. The van der Waals surface area contributed by atoms with Crippen molar-refractivity contribution in [1.29, 1.82) is 0 Å². The molecular formula is C27H41Cl2N5O4S. The monoisotopic (exact) mass is 601 g/mol. The highest BCUT2D eigenvalue weighted by molar-refractivity contribution is 7.13. The number of aliphatic hydroxyl groups is 1. The molecule has 0 aliphatic carbocycles. The molecule has 0 bridgehead atoms. The van der Waals surface area contributed by atoms with Gasteiger partial charge in [-0.25, -0.2) is 4.98 Å². The van der Waals surface area contributed by atoms with Crippen LogP contribution in [0.15, 0.2) is 29.8 Å². The molecule has 1 saturated heterocycles. The summed E-state index contributed by atoms with van der Waals surface area (Å²) in [5, 5.41) is 16.1. The van der Waals surface area contributed by atoms with Gasteiger partial charge >= 0.3 is 0 Å². The van der Waals surface area contributed by atoms with Crippen LogP contribution in [-0.2, 0) is 20.9 Å². The lowest BCUT2D eigenvalue weighted by molar-refractivity contribution is -0.144. The van der Waals surface area contributed by atoms with Gasteiger partial charge in [0.2, 0.25) is 17.7 Å². The Morgan fingerprint density at radius 3 is 2.41 bits per heavy atom. The number of rotatable bonds is 10. The second-order valence-electron chi connectivity index (χ2n) is 10.7. The molecule has 1 fully saturated rings. The Bertz CT molecular complexity index is 1090. The average Bonchev–Trinajstić information content (AvgIpc) is 3.46. The first kappa shape index (κ1) is 34.8. The lowest BCUT2D eigenvalue weighted by Gasteiger charge is -2.35. The van der Waals surface area contributed by atoms with Gasteiger partial charge in [0.25, 0.3) is 0 Å². The predicted octanol–water partition coefficient (Wildman–Crippen LogP) is 3.20. The van der Waals surface area contributed by atoms with Gasteiger partial charge in [0.05, 0.1) is 22.2 Å². The van der Waals surface area contributed by atoms with Gasteiger partial charge in [-0.3, -0.25) is 14.4 Å². The van der Waals surface area contributed by atoms with Crippen LogP contribution in [0, 0.1) is 12.3 Å². The quantitative estimate of drug-likeness (QED) is 0.309. The number of nitrogens with two attached hydrogens (primary N) is 1. The van der Waals surface area contributed by atoms with E-state index in [0.717, 1.165) is 28.1 Å². The molecule has 0 spiro atoms. The Balaban J connectivity index is 0.00000380. The minimum Gasteiger partial charge on any atom is -0.391 e. The summed E-state index contributed by atoms with van der Waals surface area (Å²) in [5.41, 5.74) is 9.73. The fraction of sp³-hybridized carbons (Fsp3) is 0.556. The standard InChI is InChI=1S/C27H39N5O4S.2ClH/c1-17-23(37-16-30-17)19-10-8-18(9-11-19)14-29-25(35)21-13-20(33)15-32(21)26(36)24(27(2,3)4)31-22(34)7-5-6-12-28;;/h8-11,16,20-21,24,33H,5-7,12-15,28H2,1-4H3,(H,29,35)(H,31,34);2*1H. The molecule has 1 aromatic carbocycles. The number of β-amino-alcohol motifs (C(OH)–C–C–N with tert-alkyl or cyclic N) is 1. The van der Waals surface area contributed by atoms with Gasteiger partial charge in [-0.2, -0.15) is 0 Å². The molecule has 0 radical (unpaired) electrons. The summed E-state index contributed by atoms with van der Waals surface area (Å²) in [7, 11) is 0. The number of carbonyl (C=O) groups excluding carboxylic acids is 3. The molecule has 1 aliphatic heterocycles. The number of likely N-dealkylation sites (tertiary alicyclic amines) is 1. The average molecular weight is 603 g/mol. The van der Waals surface area contributed by atoms with Crippen molar-refractivity contribution in [1.82, 2.24) is 20.5 Å². The molecule has 3 rings (SSSR count). The van der Waals surface area contributed by atoms with E-state index in [2.05, 4.69) is 15.6 Å². The van der Waals surface area contributed by atoms with Crippen molar-refractivity contribution in [2.45, 2.75) is 78.1 Å². The number of hydrogen-bond acceptors (Lipinski definition) is 7. The van der Waals surface area contributed by atoms with Gasteiger partial charge in [-0.15, -0.1) is 36.2 Å². The molecule has 3 unspecified atom stereocenters. The number of benzene rings is 1. The summed E-state index contributed by atoms with van der Waals surface area (Å²) < 4.78 is 0. The Morgan fingerprint density at radius 1 is 1.18 bits per heavy atom. The van der Waals surface area contributed by atoms with Crippen molar-refractivity contribution in [2.24, 2.45) is 11.1 Å². The molecule has 3 atom stereocenters. The first-order valence-electron chi connectivity index (χ1n) is 12.8. The van der Waals surface area contributed by atoms with Crippen molar-refractivity contribution in [3.63, 3.8) is 0 Å². The van der Waals surface area contributed by atoms with Crippen molar-refractivity contribution < 1.29 is 19.5 Å². The van der Waals surface area contributed by atoms with E-state index in [0.29, 0.717) is 19.5 Å². The highest BCUT2D eigenvalue weighted by Crippen LogP contribution is 2.28. The number of hydrogen-bond donors (Lipinski definition) is 4. The van der Waals surface area contributed by atoms with Crippen molar-refractivity contribution in [2.75, 3.05) is 13.1 Å². The van der Waals surface area contributed by atoms with E-state index in [9.17, 15) is 19.5 Å². The summed E-state index contributed by atoms with van der Waals surface area (Å²) >= 11 is 1.59. The highest BCUT2D eigenvalue weighted by atomic mass is 35.5. The second-order valence-corrected chi connectivity index (χ2v) is 11.5. The zero-order valence-corrected chi connectivity index (χ0v) is 25.4. The molecule has 1 aromatic heterocycles. The second kappa shape index (κ2) is 15.5. The summed E-state index contributed by atoms with van der Waals surface area (Å²) in [6, 6.07) is 6.29. The third-order valence-corrected chi connectivity index (χ3v) is 7.55. The van der Waals surface area contributed by atoms with Crippen LogP contribution in [0.4, 0.5) is 0 Å². The van der Waals surface area contributed by atoms with Crippen LogP contribution in [0.5, 0.6) is 0 Å². The Labute approximate surface area is 247 Å². The molecule has 5 N–H and O–H groups in total. The van der Waals surface area contributed by atoms with E-state index in [1.165, 1.54) is 4.90 Å². The number of aromatic nitrogens is 1. The number of amides is 3. The van der Waals surface area contributed by atoms with Gasteiger partial charge in [-0.1, -0.05) is 45.0 Å². The summed E-state index contributed by atoms with van der Waals surface area (Å²) in [6.07, 6.45) is 1.01. The minimum atomic E-state index is -0.818.